The molecule has 0 bridgehead atoms. The van der Waals surface area contributed by atoms with E-state index in [2.05, 4.69) is 52.7 Å². The molecule has 0 atom stereocenters. The predicted octanol–water partition coefficient (Wildman–Crippen LogP) is 2.72. The summed E-state index contributed by atoms with van der Waals surface area (Å²) < 4.78 is 6.03. The normalized spacial score (nSPS) is 15.0. The van der Waals surface area contributed by atoms with Crippen molar-refractivity contribution in [1.29, 1.82) is 0 Å². The number of nitrogens with one attached hydrogen (secondary N) is 1. The molecule has 21 heavy (non-hydrogen) atoms. The van der Waals surface area contributed by atoms with Gasteiger partial charge in [0.1, 0.15) is 5.75 Å². The van der Waals surface area contributed by atoms with Gasteiger partial charge in [-0.1, -0.05) is 42.5 Å². The Morgan fingerprint density at radius 2 is 1.62 bits per heavy atom. The van der Waals surface area contributed by atoms with Crippen LogP contribution >= 0.6 is 0 Å². The second kappa shape index (κ2) is 7.14. The van der Waals surface area contributed by atoms with Crippen molar-refractivity contribution in [2.45, 2.75) is 6.42 Å². The smallest absolute Gasteiger partial charge is 0.142 e. The van der Waals surface area contributed by atoms with Gasteiger partial charge in [0.25, 0.3) is 0 Å². The van der Waals surface area contributed by atoms with E-state index in [1.165, 1.54) is 11.3 Å². The number of benzene rings is 2. The molecule has 0 spiro atoms. The van der Waals surface area contributed by atoms with Gasteiger partial charge in [0.15, 0.2) is 0 Å². The SMILES string of the molecule is c1ccc(CCOc2ccccc2N2CCNCC2)cc1. The minimum Gasteiger partial charge on any atom is -0.491 e. The molecule has 0 unspecified atom stereocenters. The monoisotopic (exact) mass is 282 g/mol. The van der Waals surface area contributed by atoms with Crippen LogP contribution in [0, 0.1) is 0 Å². The molecule has 1 aliphatic heterocycles. The van der Waals surface area contributed by atoms with E-state index in [0.29, 0.717) is 6.61 Å². The van der Waals surface area contributed by atoms with Crippen molar-refractivity contribution in [1.82, 2.24) is 5.32 Å². The summed E-state index contributed by atoms with van der Waals surface area (Å²) in [7, 11) is 0. The highest BCUT2D eigenvalue weighted by atomic mass is 16.5. The van der Waals surface area contributed by atoms with Crippen LogP contribution in [-0.4, -0.2) is 32.8 Å². The molecule has 2 aromatic carbocycles. The van der Waals surface area contributed by atoms with Crippen molar-refractivity contribution in [2.24, 2.45) is 0 Å². The number of ether oxygens (including phenoxy) is 1. The van der Waals surface area contributed by atoms with Crippen molar-refractivity contribution in [3.8, 4) is 5.75 Å². The van der Waals surface area contributed by atoms with Gasteiger partial charge in [0.2, 0.25) is 0 Å². The fourth-order valence-corrected chi connectivity index (χ4v) is 2.67. The Balaban J connectivity index is 1.62. The lowest BCUT2D eigenvalue weighted by Gasteiger charge is -2.30. The zero-order valence-electron chi connectivity index (χ0n) is 12.3. The van der Waals surface area contributed by atoms with Gasteiger partial charge < -0.3 is 15.0 Å². The highest BCUT2D eigenvalue weighted by molar-refractivity contribution is 5.58. The molecule has 2 aromatic rings. The zero-order chi connectivity index (χ0) is 14.3. The van der Waals surface area contributed by atoms with Crippen molar-refractivity contribution < 1.29 is 4.74 Å². The van der Waals surface area contributed by atoms with E-state index < -0.39 is 0 Å². The molecule has 0 saturated carbocycles. The molecule has 1 saturated heterocycles. The van der Waals surface area contributed by atoms with Gasteiger partial charge >= 0.3 is 0 Å². The first-order chi connectivity index (χ1) is 10.4. The van der Waals surface area contributed by atoms with Crippen LogP contribution in [-0.2, 0) is 6.42 Å². The quantitative estimate of drug-likeness (QED) is 0.912. The third-order valence-electron chi connectivity index (χ3n) is 3.81. The maximum atomic E-state index is 6.03. The van der Waals surface area contributed by atoms with Crippen LogP contribution in [0.5, 0.6) is 5.75 Å². The Morgan fingerprint density at radius 1 is 0.905 bits per heavy atom. The highest BCUT2D eigenvalue weighted by Crippen LogP contribution is 2.28. The minimum absolute atomic E-state index is 0.715. The third kappa shape index (κ3) is 3.76. The number of nitrogens with zero attached hydrogens (tertiary/aromatic N) is 1. The first kappa shape index (κ1) is 14.0. The summed E-state index contributed by atoms with van der Waals surface area (Å²) in [6.07, 6.45) is 0.941. The summed E-state index contributed by atoms with van der Waals surface area (Å²) in [6, 6.07) is 18.8. The maximum absolute atomic E-state index is 6.03. The van der Waals surface area contributed by atoms with Crippen LogP contribution in [0.3, 0.4) is 0 Å². The molecule has 1 aliphatic rings. The maximum Gasteiger partial charge on any atom is 0.142 e. The lowest BCUT2D eigenvalue weighted by atomic mass is 10.2. The van der Waals surface area contributed by atoms with Gasteiger partial charge in [-0.3, -0.25) is 0 Å². The molecule has 3 rings (SSSR count). The summed E-state index contributed by atoms with van der Waals surface area (Å²) in [5.41, 5.74) is 2.53. The summed E-state index contributed by atoms with van der Waals surface area (Å²) >= 11 is 0. The van der Waals surface area contributed by atoms with Crippen LogP contribution in [0.15, 0.2) is 54.6 Å². The van der Waals surface area contributed by atoms with E-state index in [9.17, 15) is 0 Å². The molecule has 1 fully saturated rings. The lowest BCUT2D eigenvalue weighted by Crippen LogP contribution is -2.43. The van der Waals surface area contributed by atoms with Crippen molar-refractivity contribution in [2.75, 3.05) is 37.7 Å². The van der Waals surface area contributed by atoms with Gasteiger partial charge in [-0.2, -0.15) is 0 Å². The Kier molecular flexibility index (Phi) is 4.74. The molecular weight excluding hydrogens is 260 g/mol. The minimum atomic E-state index is 0.715. The fourth-order valence-electron chi connectivity index (χ4n) is 2.67. The van der Waals surface area contributed by atoms with E-state index in [-0.39, 0.29) is 0 Å². The number of hydrogen-bond donors (Lipinski definition) is 1. The van der Waals surface area contributed by atoms with Crippen LogP contribution in [0.25, 0.3) is 0 Å². The molecule has 1 N–H and O–H groups in total. The van der Waals surface area contributed by atoms with E-state index in [0.717, 1.165) is 38.3 Å². The zero-order valence-corrected chi connectivity index (χ0v) is 12.3. The Morgan fingerprint density at radius 3 is 2.43 bits per heavy atom. The van der Waals surface area contributed by atoms with Gasteiger partial charge in [0, 0.05) is 32.6 Å². The summed E-state index contributed by atoms with van der Waals surface area (Å²) in [5.74, 6) is 0.996. The molecule has 3 heteroatoms. The first-order valence-electron chi connectivity index (χ1n) is 7.65. The van der Waals surface area contributed by atoms with Crippen LogP contribution in [0.4, 0.5) is 5.69 Å². The average Bonchev–Trinajstić information content (AvgIpc) is 2.57. The van der Waals surface area contributed by atoms with Crippen molar-refractivity contribution in [3.63, 3.8) is 0 Å². The predicted molar refractivity (Wildman–Crippen MR) is 87.2 cm³/mol. The van der Waals surface area contributed by atoms with Gasteiger partial charge in [-0.25, -0.2) is 0 Å². The number of rotatable bonds is 5. The Labute approximate surface area is 126 Å². The van der Waals surface area contributed by atoms with Crippen LogP contribution in [0.2, 0.25) is 0 Å². The molecule has 0 amide bonds. The molecule has 1 heterocycles. The largest absolute Gasteiger partial charge is 0.491 e. The Bertz CT molecular complexity index is 550. The second-order valence-corrected chi connectivity index (χ2v) is 5.29. The van der Waals surface area contributed by atoms with Gasteiger partial charge in [-0.05, 0) is 17.7 Å². The topological polar surface area (TPSA) is 24.5 Å². The molecule has 0 aliphatic carbocycles. The molecule has 0 aromatic heterocycles. The summed E-state index contributed by atoms with van der Waals surface area (Å²) in [4.78, 5) is 2.40. The standard InChI is InChI=1S/C18H22N2O/c1-2-6-16(7-3-1)10-15-21-18-9-5-4-8-17(18)20-13-11-19-12-14-20/h1-9,19H,10-15H2. The van der Waals surface area contributed by atoms with Gasteiger partial charge in [-0.15, -0.1) is 0 Å². The van der Waals surface area contributed by atoms with E-state index in [4.69, 9.17) is 4.74 Å². The summed E-state index contributed by atoms with van der Waals surface area (Å²) in [5, 5.41) is 3.39. The van der Waals surface area contributed by atoms with Crippen molar-refractivity contribution in [3.05, 3.63) is 60.2 Å². The highest BCUT2D eigenvalue weighted by Gasteiger charge is 2.14. The second-order valence-electron chi connectivity index (χ2n) is 5.29. The number of hydrogen-bond acceptors (Lipinski definition) is 3. The van der Waals surface area contributed by atoms with E-state index >= 15 is 0 Å². The fraction of sp³-hybridized carbons (Fsp3) is 0.333. The summed E-state index contributed by atoms with van der Waals surface area (Å²) in [6.45, 7) is 4.88. The van der Waals surface area contributed by atoms with Crippen molar-refractivity contribution >= 4 is 5.69 Å². The molecular formula is C18H22N2O. The third-order valence-corrected chi connectivity index (χ3v) is 3.81. The average molecular weight is 282 g/mol. The molecule has 0 radical (unpaired) electrons. The van der Waals surface area contributed by atoms with E-state index in [1.807, 2.05) is 12.1 Å². The number of para-hydroxylation sites is 2. The first-order valence-corrected chi connectivity index (χ1v) is 7.65. The Hall–Kier alpha value is -2.00. The lowest BCUT2D eigenvalue weighted by molar-refractivity contribution is 0.321. The van der Waals surface area contributed by atoms with Gasteiger partial charge in [0.05, 0.1) is 12.3 Å². The molecule has 3 nitrogen and oxygen atoms in total. The number of piperazine rings is 1. The molecule has 110 valence electrons. The van der Waals surface area contributed by atoms with Crippen LogP contribution in [0.1, 0.15) is 5.56 Å². The van der Waals surface area contributed by atoms with E-state index in [1.54, 1.807) is 0 Å². The number of anilines is 1. The van der Waals surface area contributed by atoms with Crippen LogP contribution < -0.4 is 15.0 Å².